The van der Waals surface area contributed by atoms with Crippen LogP contribution in [0.5, 0.6) is 0 Å². The second-order valence-corrected chi connectivity index (χ2v) is 20.3. The molecule has 0 aromatic heterocycles. The Balaban J connectivity index is 4.10. The van der Waals surface area contributed by atoms with Crippen molar-refractivity contribution in [1.29, 1.82) is 0 Å². The molecular weight excluding hydrogens is 770 g/mol. The molecule has 0 saturated heterocycles. The van der Waals surface area contributed by atoms with E-state index in [-0.39, 0.29) is 25.8 Å². The van der Waals surface area contributed by atoms with Gasteiger partial charge in [0, 0.05) is 13.0 Å². The maximum atomic E-state index is 12.7. The van der Waals surface area contributed by atoms with Crippen molar-refractivity contribution in [3.8, 4) is 0 Å². The molecule has 0 rings (SSSR count). The van der Waals surface area contributed by atoms with Crippen LogP contribution in [-0.4, -0.2) is 70.7 Å². The zero-order valence-corrected chi connectivity index (χ0v) is 41.6. The van der Waals surface area contributed by atoms with Gasteiger partial charge in [-0.2, -0.15) is 0 Å². The second-order valence-electron chi connectivity index (χ2n) is 18.9. The minimum atomic E-state index is -4.52. The highest BCUT2D eigenvalue weighted by atomic mass is 31.2. The molecule has 2 atom stereocenters. The molecule has 0 aromatic rings. The minimum absolute atomic E-state index is 0.0296. The molecule has 358 valence electrons. The highest BCUT2D eigenvalue weighted by Crippen LogP contribution is 2.38. The van der Waals surface area contributed by atoms with Gasteiger partial charge in [-0.3, -0.25) is 9.36 Å². The Bertz CT molecular complexity index is 972. The standard InChI is InChI=1S/C51H102NO7P/c1-6-8-10-12-14-16-18-20-22-24-26-27-29-31-33-35-37-39-41-43-46-56-48-50(49-58-60(54,55)57-47-45-52(3,4)5)59-51(53)44-42-40-38-36-34-32-30-28-25-23-21-19-17-15-13-11-9-7-2/h20,22,50H,6-19,21,23-49H2,1-5H3/b22-20-. The van der Waals surface area contributed by atoms with Crippen molar-refractivity contribution in [2.45, 2.75) is 258 Å². The van der Waals surface area contributed by atoms with E-state index in [0.29, 0.717) is 24.1 Å². The molecule has 0 aliphatic carbocycles. The third-order valence-electron chi connectivity index (χ3n) is 11.6. The summed E-state index contributed by atoms with van der Waals surface area (Å²) >= 11 is 0. The molecule has 0 spiro atoms. The molecule has 0 fully saturated rings. The maximum Gasteiger partial charge on any atom is 0.306 e. The zero-order chi connectivity index (χ0) is 44.1. The van der Waals surface area contributed by atoms with Crippen LogP contribution in [0.2, 0.25) is 0 Å². The number of allylic oxidation sites excluding steroid dienone is 2. The molecule has 0 aliphatic heterocycles. The van der Waals surface area contributed by atoms with E-state index in [1.165, 1.54) is 199 Å². The summed E-state index contributed by atoms with van der Waals surface area (Å²) in [6.45, 7) is 5.47. The summed E-state index contributed by atoms with van der Waals surface area (Å²) in [5, 5.41) is 0. The quantitative estimate of drug-likeness (QED) is 0.0198. The van der Waals surface area contributed by atoms with Crippen LogP contribution in [0.25, 0.3) is 0 Å². The van der Waals surface area contributed by atoms with Crippen molar-refractivity contribution in [2.75, 3.05) is 54.1 Å². The molecule has 0 aromatic carbocycles. The van der Waals surface area contributed by atoms with E-state index >= 15 is 0 Å². The second kappa shape index (κ2) is 44.8. The number of rotatable bonds is 49. The van der Waals surface area contributed by atoms with Crippen LogP contribution < -0.4 is 4.89 Å². The van der Waals surface area contributed by atoms with Gasteiger partial charge in [0.1, 0.15) is 19.3 Å². The van der Waals surface area contributed by atoms with Gasteiger partial charge in [0.25, 0.3) is 7.82 Å². The van der Waals surface area contributed by atoms with Gasteiger partial charge in [-0.25, -0.2) is 0 Å². The predicted octanol–water partition coefficient (Wildman–Crippen LogP) is 15.2. The van der Waals surface area contributed by atoms with Gasteiger partial charge < -0.3 is 27.9 Å². The van der Waals surface area contributed by atoms with Crippen LogP contribution >= 0.6 is 7.82 Å². The summed E-state index contributed by atoms with van der Waals surface area (Å²) in [5.74, 6) is -0.328. The van der Waals surface area contributed by atoms with Crippen LogP contribution in [0.1, 0.15) is 251 Å². The average molecular weight is 872 g/mol. The summed E-state index contributed by atoms with van der Waals surface area (Å²) in [5.41, 5.74) is 0. The van der Waals surface area contributed by atoms with Crippen molar-refractivity contribution < 1.29 is 37.3 Å². The van der Waals surface area contributed by atoms with Gasteiger partial charge in [0.05, 0.1) is 34.4 Å². The van der Waals surface area contributed by atoms with Gasteiger partial charge in [0.15, 0.2) is 0 Å². The Morgan fingerprint density at radius 3 is 1.27 bits per heavy atom. The van der Waals surface area contributed by atoms with E-state index in [4.69, 9.17) is 18.5 Å². The Labute approximate surface area is 373 Å². The van der Waals surface area contributed by atoms with E-state index in [0.717, 1.165) is 32.1 Å². The summed E-state index contributed by atoms with van der Waals surface area (Å²) in [4.78, 5) is 25.2. The minimum Gasteiger partial charge on any atom is -0.756 e. The van der Waals surface area contributed by atoms with Gasteiger partial charge in [-0.05, 0) is 38.5 Å². The fourth-order valence-electron chi connectivity index (χ4n) is 7.54. The Morgan fingerprint density at radius 1 is 0.500 bits per heavy atom. The van der Waals surface area contributed by atoms with Crippen LogP contribution in [0, 0.1) is 0 Å². The first-order chi connectivity index (χ1) is 29.1. The molecule has 9 heteroatoms. The summed E-state index contributed by atoms with van der Waals surface area (Å²) in [7, 11) is 1.37. The zero-order valence-electron chi connectivity index (χ0n) is 40.7. The van der Waals surface area contributed by atoms with Crippen LogP contribution in [-0.2, 0) is 27.9 Å². The number of phosphoric acid groups is 1. The fourth-order valence-corrected chi connectivity index (χ4v) is 8.27. The lowest BCUT2D eigenvalue weighted by molar-refractivity contribution is -0.870. The van der Waals surface area contributed by atoms with Gasteiger partial charge in [-0.1, -0.05) is 219 Å². The number of phosphoric ester groups is 1. The van der Waals surface area contributed by atoms with Gasteiger partial charge >= 0.3 is 5.97 Å². The first kappa shape index (κ1) is 59.2. The lowest BCUT2D eigenvalue weighted by Gasteiger charge is -2.28. The highest BCUT2D eigenvalue weighted by molar-refractivity contribution is 7.45. The number of quaternary nitrogens is 1. The fraction of sp³-hybridized carbons (Fsp3) is 0.941. The summed E-state index contributed by atoms with van der Waals surface area (Å²) in [6.07, 6.45) is 50.9. The molecule has 8 nitrogen and oxygen atoms in total. The summed E-state index contributed by atoms with van der Waals surface area (Å²) < 4.78 is 34.8. The maximum absolute atomic E-state index is 12.7. The third kappa shape index (κ3) is 48.3. The number of nitrogens with zero attached hydrogens (tertiary/aromatic N) is 1. The molecule has 0 heterocycles. The van der Waals surface area contributed by atoms with Gasteiger partial charge in [0.2, 0.25) is 0 Å². The smallest absolute Gasteiger partial charge is 0.306 e. The molecule has 60 heavy (non-hydrogen) atoms. The molecular formula is C51H102NO7P. The number of hydrogen-bond donors (Lipinski definition) is 0. The molecule has 0 radical (unpaired) electrons. The normalized spacial score (nSPS) is 13.6. The average Bonchev–Trinajstić information content (AvgIpc) is 3.20. The largest absolute Gasteiger partial charge is 0.756 e. The van der Waals surface area contributed by atoms with Crippen LogP contribution in [0.3, 0.4) is 0 Å². The predicted molar refractivity (Wildman–Crippen MR) is 254 cm³/mol. The monoisotopic (exact) mass is 872 g/mol. The van der Waals surface area contributed by atoms with Crippen molar-refractivity contribution >= 4 is 13.8 Å². The summed E-state index contributed by atoms with van der Waals surface area (Å²) in [6, 6.07) is 0. The molecule has 0 N–H and O–H groups in total. The van der Waals surface area contributed by atoms with Crippen molar-refractivity contribution in [3.05, 3.63) is 12.2 Å². The number of carbonyl (C=O) groups excluding carboxylic acids is 1. The molecule has 0 saturated carbocycles. The number of unbranched alkanes of at least 4 members (excludes halogenated alkanes) is 33. The van der Waals surface area contributed by atoms with E-state index in [1.807, 2.05) is 21.1 Å². The molecule has 0 aliphatic rings. The lowest BCUT2D eigenvalue weighted by atomic mass is 10.0. The van der Waals surface area contributed by atoms with Crippen molar-refractivity contribution in [3.63, 3.8) is 0 Å². The molecule has 2 unspecified atom stereocenters. The van der Waals surface area contributed by atoms with E-state index < -0.39 is 13.9 Å². The Hall–Kier alpha value is -0.760. The van der Waals surface area contributed by atoms with E-state index in [2.05, 4.69) is 26.0 Å². The number of carbonyl (C=O) groups is 1. The lowest BCUT2D eigenvalue weighted by Crippen LogP contribution is -2.37. The molecule has 0 bridgehead atoms. The van der Waals surface area contributed by atoms with Gasteiger partial charge in [-0.15, -0.1) is 0 Å². The van der Waals surface area contributed by atoms with Crippen LogP contribution in [0.15, 0.2) is 12.2 Å². The Morgan fingerprint density at radius 2 is 0.867 bits per heavy atom. The van der Waals surface area contributed by atoms with Crippen molar-refractivity contribution in [1.82, 2.24) is 0 Å². The van der Waals surface area contributed by atoms with E-state index in [9.17, 15) is 14.3 Å². The number of likely N-dealkylation sites (N-methyl/N-ethyl adjacent to an activating group) is 1. The van der Waals surface area contributed by atoms with Crippen molar-refractivity contribution in [2.24, 2.45) is 0 Å². The number of esters is 1. The number of hydrogen-bond acceptors (Lipinski definition) is 7. The molecule has 0 amide bonds. The first-order valence-corrected chi connectivity index (χ1v) is 27.4. The topological polar surface area (TPSA) is 94.1 Å². The third-order valence-corrected chi connectivity index (χ3v) is 12.5. The SMILES string of the molecule is CCCCCCCC/C=C\CCCCCCCCCCCCOCC(COP(=O)([O-])OCC[N+](C)(C)C)OC(=O)CCCCCCCCCCCCCCCCCCCC. The highest BCUT2D eigenvalue weighted by Gasteiger charge is 2.20. The first-order valence-electron chi connectivity index (χ1n) is 25.9. The van der Waals surface area contributed by atoms with Crippen LogP contribution in [0.4, 0.5) is 0 Å². The van der Waals surface area contributed by atoms with E-state index in [1.54, 1.807) is 0 Å². The number of ether oxygens (including phenoxy) is 2. The Kier molecular flexibility index (Phi) is 44.3.